The van der Waals surface area contributed by atoms with Crippen molar-refractivity contribution in [1.82, 2.24) is 0 Å². The van der Waals surface area contributed by atoms with Gasteiger partial charge in [-0.2, -0.15) is 0 Å². The highest BCUT2D eigenvalue weighted by atomic mass is 16.5. The highest BCUT2D eigenvalue weighted by Crippen LogP contribution is 2.22. The van der Waals surface area contributed by atoms with Gasteiger partial charge in [-0.15, -0.1) is 0 Å². The maximum absolute atomic E-state index is 10.6. The van der Waals surface area contributed by atoms with Crippen molar-refractivity contribution >= 4 is 12.0 Å². The van der Waals surface area contributed by atoms with E-state index in [1.54, 1.807) is 13.2 Å². The number of hydrogen-bond donors (Lipinski definition) is 1. The van der Waals surface area contributed by atoms with Crippen molar-refractivity contribution in [2.45, 2.75) is 6.92 Å². The van der Waals surface area contributed by atoms with Crippen LogP contribution in [0.5, 0.6) is 5.75 Å². The standard InChI is InChI=1S/C11H13NO2/c1-8-4-3-5-10(14-2)9(8)6-7-11(12)13/h3-7H,1-2H3,(H2,12,13)/b7-6+. The lowest BCUT2D eigenvalue weighted by Gasteiger charge is -2.06. The molecule has 0 aliphatic carbocycles. The van der Waals surface area contributed by atoms with Crippen molar-refractivity contribution in [3.05, 3.63) is 35.4 Å². The van der Waals surface area contributed by atoms with Gasteiger partial charge in [-0.05, 0) is 24.6 Å². The lowest BCUT2D eigenvalue weighted by Crippen LogP contribution is -2.05. The first-order valence-corrected chi connectivity index (χ1v) is 4.26. The number of hydrogen-bond acceptors (Lipinski definition) is 2. The highest BCUT2D eigenvalue weighted by Gasteiger charge is 2.01. The SMILES string of the molecule is COc1cccc(C)c1/C=C/C(N)=O. The van der Waals surface area contributed by atoms with Crippen LogP contribution in [0.15, 0.2) is 24.3 Å². The Morgan fingerprint density at radius 1 is 1.50 bits per heavy atom. The summed E-state index contributed by atoms with van der Waals surface area (Å²) in [5, 5.41) is 0. The zero-order chi connectivity index (χ0) is 10.6. The van der Waals surface area contributed by atoms with Crippen molar-refractivity contribution < 1.29 is 9.53 Å². The van der Waals surface area contributed by atoms with Crippen LogP contribution in [-0.4, -0.2) is 13.0 Å². The number of carbonyl (C=O) groups is 1. The van der Waals surface area contributed by atoms with Crippen molar-refractivity contribution in [3.8, 4) is 5.75 Å². The Labute approximate surface area is 83.2 Å². The molecule has 0 radical (unpaired) electrons. The summed E-state index contributed by atoms with van der Waals surface area (Å²) in [6, 6.07) is 5.69. The number of methoxy groups -OCH3 is 1. The number of primary amides is 1. The quantitative estimate of drug-likeness (QED) is 0.736. The zero-order valence-corrected chi connectivity index (χ0v) is 8.28. The second kappa shape index (κ2) is 4.46. The Balaban J connectivity index is 3.11. The molecular formula is C11H13NO2. The first kappa shape index (κ1) is 10.3. The molecule has 0 saturated heterocycles. The van der Waals surface area contributed by atoms with Gasteiger partial charge in [-0.25, -0.2) is 0 Å². The molecule has 3 nitrogen and oxygen atoms in total. The topological polar surface area (TPSA) is 52.3 Å². The molecule has 0 spiro atoms. The van der Waals surface area contributed by atoms with Crippen LogP contribution in [0.25, 0.3) is 6.08 Å². The van der Waals surface area contributed by atoms with Gasteiger partial charge in [0.1, 0.15) is 5.75 Å². The summed E-state index contributed by atoms with van der Waals surface area (Å²) in [4.78, 5) is 10.6. The maximum Gasteiger partial charge on any atom is 0.241 e. The molecule has 74 valence electrons. The Bertz CT molecular complexity index is 370. The molecule has 0 atom stereocenters. The molecule has 2 N–H and O–H groups in total. The third-order valence-electron chi connectivity index (χ3n) is 1.92. The van der Waals surface area contributed by atoms with E-state index in [-0.39, 0.29) is 0 Å². The number of nitrogens with two attached hydrogens (primary N) is 1. The molecular weight excluding hydrogens is 178 g/mol. The van der Waals surface area contributed by atoms with Crippen LogP contribution < -0.4 is 10.5 Å². The van der Waals surface area contributed by atoms with Gasteiger partial charge < -0.3 is 10.5 Å². The molecule has 0 aliphatic rings. The first-order valence-electron chi connectivity index (χ1n) is 4.26. The van der Waals surface area contributed by atoms with E-state index >= 15 is 0 Å². The second-order valence-electron chi connectivity index (χ2n) is 2.93. The largest absolute Gasteiger partial charge is 0.496 e. The maximum atomic E-state index is 10.6. The van der Waals surface area contributed by atoms with Gasteiger partial charge in [-0.3, -0.25) is 4.79 Å². The molecule has 0 saturated carbocycles. The van der Waals surface area contributed by atoms with Crippen LogP contribution in [0.4, 0.5) is 0 Å². The fourth-order valence-corrected chi connectivity index (χ4v) is 1.21. The summed E-state index contributed by atoms with van der Waals surface area (Å²) in [5.74, 6) is 0.276. The van der Waals surface area contributed by atoms with E-state index in [2.05, 4.69) is 0 Å². The Morgan fingerprint density at radius 2 is 2.21 bits per heavy atom. The van der Waals surface area contributed by atoms with Crippen LogP contribution in [-0.2, 0) is 4.79 Å². The van der Waals surface area contributed by atoms with Gasteiger partial charge in [0.05, 0.1) is 7.11 Å². The number of aryl methyl sites for hydroxylation is 1. The van der Waals surface area contributed by atoms with E-state index in [0.717, 1.165) is 16.9 Å². The van der Waals surface area contributed by atoms with Crippen molar-refractivity contribution in [2.24, 2.45) is 5.73 Å². The smallest absolute Gasteiger partial charge is 0.241 e. The number of benzene rings is 1. The summed E-state index contributed by atoms with van der Waals surface area (Å²) in [5.41, 5.74) is 6.94. The van der Waals surface area contributed by atoms with Crippen molar-refractivity contribution in [1.29, 1.82) is 0 Å². The third kappa shape index (κ3) is 2.36. The molecule has 1 rings (SSSR count). The number of ether oxygens (including phenoxy) is 1. The fourth-order valence-electron chi connectivity index (χ4n) is 1.21. The summed E-state index contributed by atoms with van der Waals surface area (Å²) >= 11 is 0. The van der Waals surface area contributed by atoms with E-state index in [9.17, 15) is 4.79 Å². The van der Waals surface area contributed by atoms with Gasteiger partial charge >= 0.3 is 0 Å². The summed E-state index contributed by atoms with van der Waals surface area (Å²) < 4.78 is 5.16. The lowest BCUT2D eigenvalue weighted by molar-refractivity contribution is -0.113. The van der Waals surface area contributed by atoms with Crippen LogP contribution in [0, 0.1) is 6.92 Å². The molecule has 1 aromatic rings. The minimum absolute atomic E-state index is 0.463. The Hall–Kier alpha value is -1.77. The zero-order valence-electron chi connectivity index (χ0n) is 8.28. The van der Waals surface area contributed by atoms with Crippen LogP contribution >= 0.6 is 0 Å². The number of carbonyl (C=O) groups excluding carboxylic acids is 1. The van der Waals surface area contributed by atoms with E-state index in [1.165, 1.54) is 6.08 Å². The van der Waals surface area contributed by atoms with Crippen LogP contribution in [0.3, 0.4) is 0 Å². The summed E-state index contributed by atoms with van der Waals surface area (Å²) in [6.45, 7) is 1.95. The number of rotatable bonds is 3. The van der Waals surface area contributed by atoms with E-state index < -0.39 is 5.91 Å². The predicted octanol–water partition coefficient (Wildman–Crippen LogP) is 1.50. The molecule has 0 aromatic heterocycles. The van der Waals surface area contributed by atoms with Crippen LogP contribution in [0.1, 0.15) is 11.1 Å². The molecule has 0 heterocycles. The molecule has 0 bridgehead atoms. The Morgan fingerprint density at radius 3 is 2.79 bits per heavy atom. The molecule has 0 aliphatic heterocycles. The highest BCUT2D eigenvalue weighted by molar-refractivity contribution is 5.90. The first-order chi connectivity index (χ1) is 6.65. The molecule has 14 heavy (non-hydrogen) atoms. The molecule has 0 unspecified atom stereocenters. The minimum atomic E-state index is -0.463. The predicted molar refractivity (Wildman–Crippen MR) is 56.0 cm³/mol. The fraction of sp³-hybridized carbons (Fsp3) is 0.182. The van der Waals surface area contributed by atoms with Gasteiger partial charge in [0.15, 0.2) is 0 Å². The average Bonchev–Trinajstić information content (AvgIpc) is 2.15. The van der Waals surface area contributed by atoms with E-state index in [0.29, 0.717) is 0 Å². The molecule has 3 heteroatoms. The average molecular weight is 191 g/mol. The van der Waals surface area contributed by atoms with Gasteiger partial charge in [0.25, 0.3) is 0 Å². The van der Waals surface area contributed by atoms with Gasteiger partial charge in [0.2, 0.25) is 5.91 Å². The summed E-state index contributed by atoms with van der Waals surface area (Å²) in [7, 11) is 1.59. The Kier molecular flexibility index (Phi) is 3.29. The van der Waals surface area contributed by atoms with Gasteiger partial charge in [-0.1, -0.05) is 12.1 Å². The molecule has 1 aromatic carbocycles. The molecule has 0 fully saturated rings. The normalized spacial score (nSPS) is 10.4. The van der Waals surface area contributed by atoms with E-state index in [4.69, 9.17) is 10.5 Å². The monoisotopic (exact) mass is 191 g/mol. The minimum Gasteiger partial charge on any atom is -0.496 e. The lowest BCUT2D eigenvalue weighted by atomic mass is 10.1. The van der Waals surface area contributed by atoms with E-state index in [1.807, 2.05) is 25.1 Å². The van der Waals surface area contributed by atoms with Crippen molar-refractivity contribution in [2.75, 3.05) is 7.11 Å². The number of amides is 1. The third-order valence-corrected chi connectivity index (χ3v) is 1.92. The molecule has 1 amide bonds. The summed E-state index contributed by atoms with van der Waals surface area (Å²) in [6.07, 6.45) is 2.99. The second-order valence-corrected chi connectivity index (χ2v) is 2.93. The van der Waals surface area contributed by atoms with Gasteiger partial charge in [0, 0.05) is 11.6 Å². The van der Waals surface area contributed by atoms with Crippen LogP contribution in [0.2, 0.25) is 0 Å². The van der Waals surface area contributed by atoms with Crippen molar-refractivity contribution in [3.63, 3.8) is 0 Å².